The molecule has 1 unspecified atom stereocenters. The summed E-state index contributed by atoms with van der Waals surface area (Å²) in [6.45, 7) is 7.86. The predicted octanol–water partition coefficient (Wildman–Crippen LogP) is 3.59. The quantitative estimate of drug-likeness (QED) is 0.446. The third-order valence-electron chi connectivity index (χ3n) is 5.84. The van der Waals surface area contributed by atoms with Crippen molar-refractivity contribution in [2.45, 2.75) is 89.8 Å². The maximum Gasteiger partial charge on any atom is 0.408 e. The zero-order chi connectivity index (χ0) is 23.1. The molecule has 2 heterocycles. The molecule has 3 rings (SSSR count). The van der Waals surface area contributed by atoms with Gasteiger partial charge in [-0.05, 0) is 90.3 Å². The van der Waals surface area contributed by atoms with E-state index < -0.39 is 23.7 Å². The Kier molecular flexibility index (Phi) is 8.34. The number of aliphatic carboxylic acids is 1. The number of carboxylic acid groups (broad SMARTS) is 1. The van der Waals surface area contributed by atoms with Crippen molar-refractivity contribution in [3.63, 3.8) is 0 Å². The first-order chi connectivity index (χ1) is 15.2. The van der Waals surface area contributed by atoms with Crippen LogP contribution in [-0.2, 0) is 22.4 Å². The highest BCUT2D eigenvalue weighted by atomic mass is 16.6. The SMILES string of the molecule is CC(C)(C)OC(=O)NC(CCN(CCCCc1ccc2c(n1)NCCC2)C1CC1)C(=O)O. The summed E-state index contributed by atoms with van der Waals surface area (Å²) in [4.78, 5) is 30.7. The average Bonchev–Trinajstić information content (AvgIpc) is 3.56. The summed E-state index contributed by atoms with van der Waals surface area (Å²) in [5, 5.41) is 15.4. The summed E-state index contributed by atoms with van der Waals surface area (Å²) in [6, 6.07) is 3.93. The molecule has 1 saturated carbocycles. The molecule has 2 aliphatic rings. The fourth-order valence-corrected chi connectivity index (χ4v) is 4.05. The highest BCUT2D eigenvalue weighted by Crippen LogP contribution is 2.27. The van der Waals surface area contributed by atoms with Gasteiger partial charge in [-0.15, -0.1) is 0 Å². The molecule has 1 amide bonds. The molecule has 0 radical (unpaired) electrons. The van der Waals surface area contributed by atoms with Crippen LogP contribution in [0.25, 0.3) is 0 Å². The van der Waals surface area contributed by atoms with Gasteiger partial charge in [0, 0.05) is 24.8 Å². The van der Waals surface area contributed by atoms with Gasteiger partial charge >= 0.3 is 12.1 Å². The van der Waals surface area contributed by atoms with Crippen molar-refractivity contribution in [2.75, 3.05) is 25.0 Å². The lowest BCUT2D eigenvalue weighted by molar-refractivity contribution is -0.139. The van der Waals surface area contributed by atoms with E-state index in [1.165, 1.54) is 12.0 Å². The van der Waals surface area contributed by atoms with Gasteiger partial charge in [0.2, 0.25) is 0 Å². The number of alkyl carbamates (subject to hydrolysis) is 1. The summed E-state index contributed by atoms with van der Waals surface area (Å²) < 4.78 is 5.20. The van der Waals surface area contributed by atoms with Crippen molar-refractivity contribution in [2.24, 2.45) is 0 Å². The molecular formula is C24H38N4O4. The fraction of sp³-hybridized carbons (Fsp3) is 0.708. The first-order valence-electron chi connectivity index (χ1n) is 11.9. The molecule has 0 aromatic carbocycles. The zero-order valence-electron chi connectivity index (χ0n) is 19.7. The molecule has 178 valence electrons. The second-order valence-corrected chi connectivity index (χ2v) is 9.89. The molecule has 3 N–H and O–H groups in total. The van der Waals surface area contributed by atoms with Crippen LogP contribution in [0.3, 0.4) is 0 Å². The average molecular weight is 447 g/mol. The fourth-order valence-electron chi connectivity index (χ4n) is 4.05. The topological polar surface area (TPSA) is 104 Å². The summed E-state index contributed by atoms with van der Waals surface area (Å²) in [5.41, 5.74) is 1.78. The molecule has 1 aliphatic heterocycles. The Hall–Kier alpha value is -2.35. The number of anilines is 1. The monoisotopic (exact) mass is 446 g/mol. The van der Waals surface area contributed by atoms with Crippen LogP contribution in [0.4, 0.5) is 10.6 Å². The van der Waals surface area contributed by atoms with Gasteiger partial charge in [0.05, 0.1) is 0 Å². The number of amides is 1. The second-order valence-electron chi connectivity index (χ2n) is 9.89. The third-order valence-corrected chi connectivity index (χ3v) is 5.84. The number of nitrogens with zero attached hydrogens (tertiary/aromatic N) is 2. The molecule has 1 fully saturated rings. The van der Waals surface area contributed by atoms with Crippen molar-refractivity contribution >= 4 is 17.9 Å². The van der Waals surface area contributed by atoms with Crippen molar-refractivity contribution < 1.29 is 19.4 Å². The van der Waals surface area contributed by atoms with E-state index in [2.05, 4.69) is 27.7 Å². The number of aromatic nitrogens is 1. The number of rotatable bonds is 11. The Morgan fingerprint density at radius 3 is 2.75 bits per heavy atom. The lowest BCUT2D eigenvalue weighted by Crippen LogP contribution is -2.45. The van der Waals surface area contributed by atoms with Gasteiger partial charge in [0.15, 0.2) is 0 Å². The number of fused-ring (bicyclic) bond motifs is 1. The van der Waals surface area contributed by atoms with Crippen LogP contribution in [0.2, 0.25) is 0 Å². The second kappa shape index (κ2) is 11.0. The van der Waals surface area contributed by atoms with E-state index in [1.54, 1.807) is 20.8 Å². The number of carbonyl (C=O) groups is 2. The number of pyridine rings is 1. The minimum atomic E-state index is -1.03. The number of aryl methyl sites for hydroxylation is 2. The first kappa shape index (κ1) is 24.3. The van der Waals surface area contributed by atoms with Gasteiger partial charge in [-0.2, -0.15) is 0 Å². The highest BCUT2D eigenvalue weighted by Gasteiger charge is 2.30. The minimum Gasteiger partial charge on any atom is -0.480 e. The molecule has 32 heavy (non-hydrogen) atoms. The molecule has 1 aliphatic carbocycles. The van der Waals surface area contributed by atoms with Crippen molar-refractivity contribution in [3.8, 4) is 0 Å². The molecule has 1 aromatic heterocycles. The smallest absolute Gasteiger partial charge is 0.408 e. The zero-order valence-corrected chi connectivity index (χ0v) is 19.7. The Morgan fingerprint density at radius 2 is 2.06 bits per heavy atom. The van der Waals surface area contributed by atoms with Gasteiger partial charge in [-0.1, -0.05) is 6.07 Å². The van der Waals surface area contributed by atoms with E-state index in [0.717, 1.165) is 63.1 Å². The normalized spacial score (nSPS) is 16.8. The van der Waals surface area contributed by atoms with Gasteiger partial charge in [-0.25, -0.2) is 14.6 Å². The Bertz CT molecular complexity index is 789. The van der Waals surface area contributed by atoms with E-state index in [9.17, 15) is 14.7 Å². The Labute approximate surface area is 191 Å². The van der Waals surface area contributed by atoms with Crippen LogP contribution in [0.1, 0.15) is 70.6 Å². The molecule has 1 aromatic rings. The van der Waals surface area contributed by atoms with Crippen LogP contribution in [0, 0.1) is 0 Å². The van der Waals surface area contributed by atoms with Gasteiger partial charge in [-0.3, -0.25) is 0 Å². The maximum atomic E-state index is 12.0. The molecule has 8 heteroatoms. The van der Waals surface area contributed by atoms with Crippen LogP contribution in [0.15, 0.2) is 12.1 Å². The van der Waals surface area contributed by atoms with E-state index in [1.807, 2.05) is 0 Å². The Morgan fingerprint density at radius 1 is 1.28 bits per heavy atom. The van der Waals surface area contributed by atoms with Gasteiger partial charge < -0.3 is 25.4 Å². The van der Waals surface area contributed by atoms with E-state index in [-0.39, 0.29) is 0 Å². The molecule has 0 bridgehead atoms. The number of ether oxygens (including phenoxy) is 1. The largest absolute Gasteiger partial charge is 0.480 e. The standard InChI is InChI=1S/C24H38N4O4/c1-24(2,3)32-23(31)27-20(22(29)30)13-16-28(19-11-12-19)15-5-4-8-18-10-9-17-7-6-14-25-21(17)26-18/h9-10,19-20H,4-8,11-16H2,1-3H3,(H,25,26)(H,27,31)(H,29,30). The lowest BCUT2D eigenvalue weighted by Gasteiger charge is -2.25. The summed E-state index contributed by atoms with van der Waals surface area (Å²) in [6.07, 6.45) is 7.31. The molecular weight excluding hydrogens is 408 g/mol. The highest BCUT2D eigenvalue weighted by molar-refractivity contribution is 5.80. The number of nitrogens with one attached hydrogen (secondary N) is 2. The molecule has 8 nitrogen and oxygen atoms in total. The number of carbonyl (C=O) groups excluding carboxylic acids is 1. The predicted molar refractivity (Wildman–Crippen MR) is 124 cm³/mol. The number of unbranched alkanes of at least 4 members (excludes halogenated alkanes) is 1. The van der Waals surface area contributed by atoms with Crippen molar-refractivity contribution in [1.82, 2.24) is 15.2 Å². The number of carboxylic acids is 1. The molecule has 0 spiro atoms. The Balaban J connectivity index is 1.42. The summed E-state index contributed by atoms with van der Waals surface area (Å²) in [5.74, 6) is 0.0178. The van der Waals surface area contributed by atoms with E-state index in [0.29, 0.717) is 19.0 Å². The lowest BCUT2D eigenvalue weighted by atomic mass is 10.1. The van der Waals surface area contributed by atoms with E-state index in [4.69, 9.17) is 9.72 Å². The number of hydrogen-bond acceptors (Lipinski definition) is 6. The molecule has 1 atom stereocenters. The van der Waals surface area contributed by atoms with Crippen molar-refractivity contribution in [1.29, 1.82) is 0 Å². The van der Waals surface area contributed by atoms with E-state index >= 15 is 0 Å². The third kappa shape index (κ3) is 7.97. The number of hydrogen-bond donors (Lipinski definition) is 3. The van der Waals surface area contributed by atoms with Crippen LogP contribution in [-0.4, -0.2) is 64.4 Å². The van der Waals surface area contributed by atoms with Crippen LogP contribution < -0.4 is 10.6 Å². The summed E-state index contributed by atoms with van der Waals surface area (Å²) >= 11 is 0. The first-order valence-corrected chi connectivity index (χ1v) is 11.9. The minimum absolute atomic E-state index is 0.364. The van der Waals surface area contributed by atoms with Crippen molar-refractivity contribution in [3.05, 3.63) is 23.4 Å². The molecule has 0 saturated heterocycles. The van der Waals surface area contributed by atoms with Gasteiger partial charge in [0.25, 0.3) is 0 Å². The maximum absolute atomic E-state index is 12.0. The van der Waals surface area contributed by atoms with Gasteiger partial charge in [0.1, 0.15) is 17.5 Å². The summed E-state index contributed by atoms with van der Waals surface area (Å²) in [7, 11) is 0. The van der Waals surface area contributed by atoms with Crippen LogP contribution >= 0.6 is 0 Å². The van der Waals surface area contributed by atoms with Crippen LogP contribution in [0.5, 0.6) is 0 Å².